The highest BCUT2D eigenvalue weighted by Gasteiger charge is 2.38. The van der Waals surface area contributed by atoms with Gasteiger partial charge in [0.05, 0.1) is 5.37 Å². The van der Waals surface area contributed by atoms with E-state index in [0.29, 0.717) is 22.3 Å². The first-order valence-corrected chi connectivity index (χ1v) is 23.1. The van der Waals surface area contributed by atoms with Crippen LogP contribution in [0.4, 0.5) is 0 Å². The number of thiol groups is 1. The maximum atomic E-state index is 13.8. The van der Waals surface area contributed by atoms with Crippen LogP contribution in [0.3, 0.4) is 0 Å². The number of hydrogen-bond acceptors (Lipinski definition) is 5. The van der Waals surface area contributed by atoms with Gasteiger partial charge in [-0.2, -0.15) is 12.6 Å². The monoisotopic (exact) mass is 864 g/mol. The Kier molecular flexibility index (Phi) is 6.08. The van der Waals surface area contributed by atoms with E-state index in [2.05, 4.69) is 110 Å². The van der Waals surface area contributed by atoms with Crippen LogP contribution < -0.4 is 0 Å². The van der Waals surface area contributed by atoms with Crippen molar-refractivity contribution in [2.75, 3.05) is 0 Å². The summed E-state index contributed by atoms with van der Waals surface area (Å²) in [5, 5.41) is 28.4. The maximum absolute atomic E-state index is 13.8. The van der Waals surface area contributed by atoms with Crippen LogP contribution >= 0.6 is 12.6 Å². The number of benzene rings is 14. The number of carbonyl (C=O) groups excluding carboxylic acids is 4. The standard InChI is InChI=1S/C59H32N2O4S/c1-24(2)60-56(62)42-20-16-38-34-12-8-30-26-4-6-28-32-10-14-36-40-18-22-44-55-45(59(65)61(25(3)66)58(44)64)23-19-41(53(40)55)37-15-11-33(49(32)51(36)37)29-7-5-27(46(26)47(28)29)31-9-13-35(50(34)48(30)31)39-17-21-43(57(60)63)54(42)52(38)39/h4-25,66H,1-3H3. The zero-order valence-corrected chi connectivity index (χ0v) is 36.6. The van der Waals surface area contributed by atoms with E-state index in [-0.39, 0.29) is 29.7 Å². The van der Waals surface area contributed by atoms with E-state index < -0.39 is 5.37 Å². The van der Waals surface area contributed by atoms with Gasteiger partial charge in [-0.05, 0) is 174 Å². The van der Waals surface area contributed by atoms with Crippen molar-refractivity contribution in [2.45, 2.75) is 32.2 Å². The molecule has 0 radical (unpaired) electrons. The number of fused-ring (bicyclic) bond motifs is 8. The lowest BCUT2D eigenvalue weighted by Gasteiger charge is -2.31. The molecule has 0 aromatic heterocycles. The molecule has 16 rings (SSSR count). The first kappa shape index (κ1) is 35.5. The van der Waals surface area contributed by atoms with Crippen molar-refractivity contribution in [2.24, 2.45) is 0 Å². The lowest BCUT2D eigenvalue weighted by Crippen LogP contribution is -2.44. The Hall–Kier alpha value is -7.87. The molecule has 0 N–H and O–H groups in total. The van der Waals surface area contributed by atoms with Crippen LogP contribution in [0.2, 0.25) is 0 Å². The molecular weight excluding hydrogens is 833 g/mol. The molecule has 2 heterocycles. The molecule has 6 nitrogen and oxygen atoms in total. The van der Waals surface area contributed by atoms with Crippen LogP contribution in [0, 0.1) is 0 Å². The lowest BCUT2D eigenvalue weighted by molar-refractivity contribution is 0.0558. The fourth-order valence-corrected chi connectivity index (χ4v) is 13.5. The number of hydrogen-bond donors (Lipinski definition) is 1. The van der Waals surface area contributed by atoms with Gasteiger partial charge in [-0.15, -0.1) is 0 Å². The maximum Gasteiger partial charge on any atom is 0.262 e. The average molecular weight is 865 g/mol. The van der Waals surface area contributed by atoms with Crippen molar-refractivity contribution in [1.29, 1.82) is 0 Å². The van der Waals surface area contributed by atoms with Crippen LogP contribution in [0.1, 0.15) is 62.2 Å². The summed E-state index contributed by atoms with van der Waals surface area (Å²) in [5.74, 6) is -1.09. The lowest BCUT2D eigenvalue weighted by atomic mass is 9.79. The van der Waals surface area contributed by atoms with Gasteiger partial charge in [-0.25, -0.2) is 0 Å². The second-order valence-electron chi connectivity index (χ2n) is 19.0. The molecule has 14 aromatic rings. The van der Waals surface area contributed by atoms with E-state index >= 15 is 0 Å². The summed E-state index contributed by atoms with van der Waals surface area (Å²) in [6.07, 6.45) is 0. The summed E-state index contributed by atoms with van der Waals surface area (Å²) in [4.78, 5) is 57.9. The summed E-state index contributed by atoms with van der Waals surface area (Å²) in [6.45, 7) is 5.52. The Balaban J connectivity index is 0.989. The molecule has 0 fully saturated rings. The summed E-state index contributed by atoms with van der Waals surface area (Å²) in [6, 6.07) is 43.1. The number of nitrogens with zero attached hydrogens (tertiary/aromatic N) is 2. The molecule has 0 aliphatic carbocycles. The Morgan fingerprint density at radius 2 is 0.439 bits per heavy atom. The fourth-order valence-electron chi connectivity index (χ4n) is 13.3. The predicted octanol–water partition coefficient (Wildman–Crippen LogP) is 14.3. The molecule has 0 saturated carbocycles. The second kappa shape index (κ2) is 11.3. The summed E-state index contributed by atoms with van der Waals surface area (Å²) >= 11 is 4.50. The number of rotatable bonds is 2. The van der Waals surface area contributed by atoms with Crippen LogP contribution in [0.5, 0.6) is 0 Å². The summed E-state index contributed by atoms with van der Waals surface area (Å²) < 4.78 is 0. The van der Waals surface area contributed by atoms with Crippen molar-refractivity contribution < 1.29 is 19.2 Å². The molecule has 1 unspecified atom stereocenters. The van der Waals surface area contributed by atoms with Gasteiger partial charge in [0.15, 0.2) is 0 Å². The smallest absolute Gasteiger partial charge is 0.262 e. The van der Waals surface area contributed by atoms with Gasteiger partial charge in [0.2, 0.25) is 0 Å². The third kappa shape index (κ3) is 3.72. The molecule has 2 aliphatic rings. The van der Waals surface area contributed by atoms with E-state index in [4.69, 9.17) is 0 Å². The van der Waals surface area contributed by atoms with Crippen molar-refractivity contribution >= 4 is 176 Å². The minimum Gasteiger partial charge on any atom is -0.272 e. The summed E-state index contributed by atoms with van der Waals surface area (Å²) in [7, 11) is 0. The Morgan fingerprint density at radius 3 is 0.621 bits per heavy atom. The minimum absolute atomic E-state index is 0.235. The van der Waals surface area contributed by atoms with E-state index in [9.17, 15) is 19.2 Å². The third-order valence-corrected chi connectivity index (χ3v) is 16.0. The molecule has 0 saturated heterocycles. The van der Waals surface area contributed by atoms with E-state index in [1.165, 1.54) is 85.2 Å². The molecule has 0 bridgehead atoms. The van der Waals surface area contributed by atoms with Gasteiger partial charge in [0.1, 0.15) is 0 Å². The molecule has 14 aromatic carbocycles. The van der Waals surface area contributed by atoms with Crippen LogP contribution in [0.15, 0.2) is 121 Å². The normalized spacial score (nSPS) is 15.4. The van der Waals surface area contributed by atoms with Gasteiger partial charge in [-0.1, -0.05) is 97.1 Å². The molecule has 7 heteroatoms. The highest BCUT2D eigenvalue weighted by Crippen LogP contribution is 2.53. The second-order valence-corrected chi connectivity index (χ2v) is 19.8. The first-order valence-electron chi connectivity index (χ1n) is 22.6. The van der Waals surface area contributed by atoms with E-state index in [1.807, 2.05) is 38.1 Å². The molecule has 66 heavy (non-hydrogen) atoms. The van der Waals surface area contributed by atoms with Crippen molar-refractivity contribution in [3.63, 3.8) is 0 Å². The van der Waals surface area contributed by atoms with Crippen molar-refractivity contribution in [3.05, 3.63) is 144 Å². The third-order valence-electron chi connectivity index (χ3n) is 15.8. The molecule has 2 aliphatic heterocycles. The predicted molar refractivity (Wildman–Crippen MR) is 273 cm³/mol. The minimum atomic E-state index is -0.550. The van der Waals surface area contributed by atoms with Crippen molar-refractivity contribution in [1.82, 2.24) is 9.80 Å². The summed E-state index contributed by atoms with van der Waals surface area (Å²) in [5.41, 5.74) is 2.24. The van der Waals surface area contributed by atoms with Gasteiger partial charge >= 0.3 is 0 Å². The Bertz CT molecular complexity index is 4170. The van der Waals surface area contributed by atoms with Crippen LogP contribution in [-0.2, 0) is 0 Å². The molecule has 1 atom stereocenters. The highest BCUT2D eigenvalue weighted by molar-refractivity contribution is 7.80. The molecule has 308 valence electrons. The number of imide groups is 2. The van der Waals surface area contributed by atoms with Crippen molar-refractivity contribution in [3.8, 4) is 0 Å². The number of carbonyl (C=O) groups is 4. The average Bonchev–Trinajstić information content (AvgIpc) is 3.32. The van der Waals surface area contributed by atoms with Crippen LogP contribution in [-0.4, -0.2) is 44.8 Å². The highest BCUT2D eigenvalue weighted by atomic mass is 32.1. The molecule has 0 spiro atoms. The van der Waals surface area contributed by atoms with Gasteiger partial charge in [0, 0.05) is 39.1 Å². The fraction of sp³-hybridized carbons (Fsp3) is 0.0847. The topological polar surface area (TPSA) is 74.8 Å². The van der Waals surface area contributed by atoms with Gasteiger partial charge < -0.3 is 0 Å². The molecular formula is C59H32N2O4S. The van der Waals surface area contributed by atoms with E-state index in [1.54, 1.807) is 6.92 Å². The number of amides is 4. The SMILES string of the molecule is CC(C)N1C(=O)c2ccc3c4ccc5c6ccc7c8ccc9c%10ccc%11c%12c(ccc(c%13ccc(c%14ccc(c%15ccc(c%16ccc(c2c3%16)C1=O)c4c5%15)c6c7%14)c8c9%13)c%12%10)C(=O)N(C(C)S)C%11=O. The molecule has 4 amide bonds. The van der Waals surface area contributed by atoms with E-state index in [0.717, 1.165) is 64.6 Å². The van der Waals surface area contributed by atoms with Gasteiger partial charge in [-0.3, -0.25) is 29.0 Å². The largest absolute Gasteiger partial charge is 0.272 e. The Labute approximate surface area is 379 Å². The quantitative estimate of drug-likeness (QED) is 0.0813. The van der Waals surface area contributed by atoms with Crippen LogP contribution in [0.25, 0.3) is 140 Å². The first-order chi connectivity index (χ1) is 32.1. The zero-order valence-electron chi connectivity index (χ0n) is 35.7. The zero-order chi connectivity index (χ0) is 44.1. The van der Waals surface area contributed by atoms with Gasteiger partial charge in [0.25, 0.3) is 23.6 Å². The Morgan fingerprint density at radius 1 is 0.273 bits per heavy atom.